The zero-order valence-corrected chi connectivity index (χ0v) is 8.65. The van der Waals surface area contributed by atoms with Crippen molar-refractivity contribution in [1.82, 2.24) is 0 Å². The molecule has 0 unspecified atom stereocenters. The molecule has 5 nitrogen and oxygen atoms in total. The Morgan fingerprint density at radius 2 is 1.14 bits per heavy atom. The molecule has 0 fully saturated rings. The molecule has 0 spiro atoms. The molecule has 0 saturated carbocycles. The fourth-order valence-corrected chi connectivity index (χ4v) is 0. The first-order valence-corrected chi connectivity index (χ1v) is 2.35. The molecular formula is H3BaO5P. The molecule has 3 N–H and O–H groups in total. The molecule has 0 radical (unpaired) electrons. The van der Waals surface area contributed by atoms with Crippen LogP contribution in [-0.4, -0.2) is 63.6 Å². The molecular weight excluding hydrogens is 248 g/mol. The van der Waals surface area contributed by atoms with Gasteiger partial charge in [0.05, 0.1) is 0 Å². The largest absolute Gasteiger partial charge is 2.00 e. The third kappa shape index (κ3) is 90.3. The van der Waals surface area contributed by atoms with Gasteiger partial charge >= 0.3 is 56.7 Å². The Balaban J connectivity index is -0.0000000800. The second kappa shape index (κ2) is 5.77. The maximum Gasteiger partial charge on any atom is 2.00 e. The van der Waals surface area contributed by atoms with Gasteiger partial charge in [0.15, 0.2) is 0 Å². The van der Waals surface area contributed by atoms with Crippen LogP contribution in [0.2, 0.25) is 0 Å². The van der Waals surface area contributed by atoms with Crippen LogP contribution >= 0.6 is 7.82 Å². The van der Waals surface area contributed by atoms with E-state index in [1.807, 2.05) is 0 Å². The van der Waals surface area contributed by atoms with E-state index in [1.165, 1.54) is 0 Å². The first-order valence-electron chi connectivity index (χ1n) is 0.783. The smallest absolute Gasteiger partial charge is 2.00 e. The average molecular weight is 251 g/mol. The minimum atomic E-state index is -4.64. The van der Waals surface area contributed by atoms with Gasteiger partial charge in [-0.3, -0.25) is 0 Å². The van der Waals surface area contributed by atoms with Crippen molar-refractivity contribution in [1.29, 1.82) is 0 Å². The van der Waals surface area contributed by atoms with Gasteiger partial charge in [0, 0.05) is 0 Å². The number of rotatable bonds is 0. The van der Waals surface area contributed by atoms with Crippen molar-refractivity contribution in [3.63, 3.8) is 0 Å². The Morgan fingerprint density at radius 3 is 1.14 bits per heavy atom. The normalized spacial score (nSPS) is 8.43. The second-order valence-corrected chi connectivity index (χ2v) is 1.54. The predicted octanol–water partition coefficient (Wildman–Crippen LogP) is -1.43. The minimum absolute atomic E-state index is 0. The second-order valence-electron chi connectivity index (χ2n) is 0.513. The molecule has 0 amide bonds. The van der Waals surface area contributed by atoms with Crippen molar-refractivity contribution >= 4 is 56.7 Å². The van der Waals surface area contributed by atoms with Crippen LogP contribution < -0.4 is 0 Å². The number of hydrogen-bond donors (Lipinski definition) is 3. The summed E-state index contributed by atoms with van der Waals surface area (Å²) in [4.78, 5) is 21.6. The van der Waals surface area contributed by atoms with Crippen LogP contribution in [-0.2, 0) is 10.0 Å². The Morgan fingerprint density at radius 1 is 1.14 bits per heavy atom. The number of phosphoric acid groups is 1. The molecule has 0 aromatic carbocycles. The van der Waals surface area contributed by atoms with Gasteiger partial charge in [-0.25, -0.2) is 4.57 Å². The fraction of sp³-hybridized carbons (Fsp3) is 0. The Hall–Kier alpha value is 1.64. The van der Waals surface area contributed by atoms with Gasteiger partial charge in [-0.1, -0.05) is 0 Å². The summed E-state index contributed by atoms with van der Waals surface area (Å²) in [5, 5.41) is 0. The summed E-state index contributed by atoms with van der Waals surface area (Å²) >= 11 is 0. The molecule has 7 heteroatoms. The van der Waals surface area contributed by atoms with Gasteiger partial charge in [-0.2, -0.15) is 0 Å². The van der Waals surface area contributed by atoms with Crippen LogP contribution in [0.3, 0.4) is 0 Å². The van der Waals surface area contributed by atoms with E-state index in [0.717, 1.165) is 0 Å². The minimum Gasteiger partial charge on any atom is -2.00 e. The van der Waals surface area contributed by atoms with E-state index in [2.05, 4.69) is 0 Å². The van der Waals surface area contributed by atoms with Gasteiger partial charge in [0.2, 0.25) is 0 Å². The summed E-state index contributed by atoms with van der Waals surface area (Å²) in [5.41, 5.74) is 0. The molecule has 0 bridgehead atoms. The first-order chi connectivity index (χ1) is 2.00. The van der Waals surface area contributed by atoms with E-state index in [9.17, 15) is 0 Å². The van der Waals surface area contributed by atoms with Crippen molar-refractivity contribution in [3.8, 4) is 0 Å². The van der Waals surface area contributed by atoms with E-state index in [-0.39, 0.29) is 54.4 Å². The standard InChI is InChI=1S/Ba.H3O4P.O/c;1-5(2,3)4;/h;(H3,1,2,3,4);/q+2;;-2. The van der Waals surface area contributed by atoms with Crippen LogP contribution in [0.4, 0.5) is 0 Å². The zero-order chi connectivity index (χ0) is 4.50. The van der Waals surface area contributed by atoms with Gasteiger partial charge in [-0.15, -0.1) is 0 Å². The maximum absolute atomic E-state index is 8.88. The zero-order valence-electron chi connectivity index (χ0n) is 3.31. The Labute approximate surface area is 80.4 Å². The van der Waals surface area contributed by atoms with Crippen LogP contribution in [0.25, 0.3) is 0 Å². The van der Waals surface area contributed by atoms with Gasteiger partial charge in [-0.05, 0) is 0 Å². The van der Waals surface area contributed by atoms with E-state index in [4.69, 9.17) is 19.2 Å². The summed E-state index contributed by atoms with van der Waals surface area (Å²) in [6, 6.07) is 0. The Kier molecular flexibility index (Phi) is 13.1. The summed E-state index contributed by atoms with van der Waals surface area (Å²) in [7, 11) is -4.64. The molecule has 7 heavy (non-hydrogen) atoms. The molecule has 0 aromatic heterocycles. The maximum atomic E-state index is 8.88. The van der Waals surface area contributed by atoms with E-state index in [0.29, 0.717) is 0 Å². The molecule has 0 aliphatic rings. The molecule has 0 aromatic rings. The van der Waals surface area contributed by atoms with Crippen molar-refractivity contribution in [2.45, 2.75) is 0 Å². The van der Waals surface area contributed by atoms with Gasteiger partial charge < -0.3 is 20.2 Å². The van der Waals surface area contributed by atoms with Crippen molar-refractivity contribution in [2.75, 3.05) is 0 Å². The summed E-state index contributed by atoms with van der Waals surface area (Å²) in [5.74, 6) is 0. The van der Waals surface area contributed by atoms with Crippen molar-refractivity contribution < 1.29 is 24.7 Å². The first kappa shape index (κ1) is 15.9. The van der Waals surface area contributed by atoms with Crippen LogP contribution in [0.5, 0.6) is 0 Å². The quantitative estimate of drug-likeness (QED) is 0.362. The fourth-order valence-electron chi connectivity index (χ4n) is 0. The van der Waals surface area contributed by atoms with Gasteiger partial charge in [0.25, 0.3) is 0 Å². The molecule has 0 atom stereocenters. The molecule has 0 aliphatic heterocycles. The van der Waals surface area contributed by atoms with Gasteiger partial charge in [0.1, 0.15) is 0 Å². The van der Waals surface area contributed by atoms with E-state index < -0.39 is 7.82 Å². The molecule has 40 valence electrons. The predicted molar refractivity (Wildman–Crippen MR) is 20.7 cm³/mol. The van der Waals surface area contributed by atoms with Crippen LogP contribution in [0.15, 0.2) is 0 Å². The molecule has 0 saturated heterocycles. The third-order valence-electron chi connectivity index (χ3n) is 0. The van der Waals surface area contributed by atoms with Crippen molar-refractivity contribution in [3.05, 3.63) is 0 Å². The van der Waals surface area contributed by atoms with Crippen LogP contribution in [0.1, 0.15) is 0 Å². The summed E-state index contributed by atoms with van der Waals surface area (Å²) in [6.07, 6.45) is 0. The van der Waals surface area contributed by atoms with Crippen molar-refractivity contribution in [2.24, 2.45) is 0 Å². The molecule has 0 heterocycles. The summed E-state index contributed by atoms with van der Waals surface area (Å²) in [6.45, 7) is 0. The topological polar surface area (TPSA) is 106 Å². The monoisotopic (exact) mass is 252 g/mol. The van der Waals surface area contributed by atoms with E-state index in [1.54, 1.807) is 0 Å². The SMILES string of the molecule is O=P(O)(O)O.[Ba+2].[O-2]. The average Bonchev–Trinajstić information content (AvgIpc) is 0.722. The third-order valence-corrected chi connectivity index (χ3v) is 0. The molecule has 0 aliphatic carbocycles. The summed E-state index contributed by atoms with van der Waals surface area (Å²) < 4.78 is 8.88. The van der Waals surface area contributed by atoms with Crippen LogP contribution in [0, 0.1) is 0 Å². The van der Waals surface area contributed by atoms with E-state index >= 15 is 0 Å². The molecule has 0 rings (SSSR count). The number of hydrogen-bond acceptors (Lipinski definition) is 1. The Bertz CT molecular complexity index is 54.2.